The van der Waals surface area contributed by atoms with Gasteiger partial charge >= 0.3 is 11.9 Å². The molecule has 6 aromatic rings. The van der Waals surface area contributed by atoms with Crippen LogP contribution in [0.5, 0.6) is 0 Å². The molecule has 0 saturated carbocycles. The Bertz CT molecular complexity index is 2200. The third-order valence-electron chi connectivity index (χ3n) is 10.3. The van der Waals surface area contributed by atoms with Gasteiger partial charge in [-0.3, -0.25) is 0 Å². The molecule has 4 nitrogen and oxygen atoms in total. The van der Waals surface area contributed by atoms with Gasteiger partial charge in [0, 0.05) is 11.1 Å². The quantitative estimate of drug-likeness (QED) is 0.108. The highest BCUT2D eigenvalue weighted by atomic mass is 16.6. The van der Waals surface area contributed by atoms with Crippen LogP contribution in [0.15, 0.2) is 146 Å². The second-order valence-corrected chi connectivity index (χ2v) is 13.7. The van der Waals surface area contributed by atoms with Crippen molar-refractivity contribution in [2.75, 3.05) is 0 Å². The SMILES string of the molecule is C=C(C)C(=O)OC(CC)C1(C(CC)OC(=O)C(=C)C)c2cc(-c3ccc4ccccc4c3)ccc2-c2ccc(-c3ccc4ccccc4c3)cc21. The van der Waals surface area contributed by atoms with Gasteiger partial charge in [-0.15, -0.1) is 0 Å². The Balaban J connectivity index is 1.52. The molecule has 0 radical (unpaired) electrons. The van der Waals surface area contributed by atoms with Gasteiger partial charge in [0.15, 0.2) is 0 Å². The van der Waals surface area contributed by atoms with Crippen molar-refractivity contribution in [2.45, 2.75) is 58.2 Å². The Hall–Kier alpha value is -5.74. The fourth-order valence-electron chi connectivity index (χ4n) is 7.84. The van der Waals surface area contributed by atoms with Crippen LogP contribution >= 0.6 is 0 Å². The summed E-state index contributed by atoms with van der Waals surface area (Å²) >= 11 is 0. The molecule has 0 amide bonds. The molecule has 2 unspecified atom stereocenters. The first-order chi connectivity index (χ1) is 24.6. The zero-order valence-corrected chi connectivity index (χ0v) is 29.7. The summed E-state index contributed by atoms with van der Waals surface area (Å²) in [6, 6.07) is 42.7. The highest BCUT2D eigenvalue weighted by molar-refractivity contribution is 5.93. The predicted molar refractivity (Wildman–Crippen MR) is 209 cm³/mol. The van der Waals surface area contributed by atoms with E-state index >= 15 is 0 Å². The average molecular weight is 671 g/mol. The summed E-state index contributed by atoms with van der Waals surface area (Å²) in [5, 5.41) is 4.63. The Morgan fingerprint density at radius 1 is 0.529 bits per heavy atom. The van der Waals surface area contributed by atoms with Crippen molar-refractivity contribution in [2.24, 2.45) is 0 Å². The highest BCUT2D eigenvalue weighted by Crippen LogP contribution is 2.57. The molecule has 51 heavy (non-hydrogen) atoms. The number of benzene rings is 6. The van der Waals surface area contributed by atoms with E-state index in [1.54, 1.807) is 13.8 Å². The van der Waals surface area contributed by atoms with Crippen LogP contribution in [-0.4, -0.2) is 24.1 Å². The lowest BCUT2D eigenvalue weighted by Gasteiger charge is -2.44. The second kappa shape index (κ2) is 13.5. The van der Waals surface area contributed by atoms with Crippen molar-refractivity contribution >= 4 is 33.5 Å². The van der Waals surface area contributed by atoms with Crippen LogP contribution in [0.3, 0.4) is 0 Å². The van der Waals surface area contributed by atoms with Crippen LogP contribution in [0.25, 0.3) is 54.9 Å². The van der Waals surface area contributed by atoms with Gasteiger partial charge in [-0.1, -0.05) is 124 Å². The zero-order chi connectivity index (χ0) is 35.9. The normalized spacial score (nSPS) is 14.0. The Morgan fingerprint density at radius 2 is 0.882 bits per heavy atom. The lowest BCUT2D eigenvalue weighted by atomic mass is 9.66. The maximum absolute atomic E-state index is 13.5. The molecule has 0 aliphatic heterocycles. The molecule has 0 fully saturated rings. The summed E-state index contributed by atoms with van der Waals surface area (Å²) in [4.78, 5) is 26.9. The van der Waals surface area contributed by atoms with E-state index in [-0.39, 0.29) is 0 Å². The van der Waals surface area contributed by atoms with Crippen LogP contribution in [0.2, 0.25) is 0 Å². The van der Waals surface area contributed by atoms with E-state index in [0.717, 1.165) is 55.3 Å². The summed E-state index contributed by atoms with van der Waals surface area (Å²) in [6.45, 7) is 15.2. The number of carbonyl (C=O) groups excluding carboxylic acids is 2. The Kier molecular flexibility index (Phi) is 8.95. The van der Waals surface area contributed by atoms with Gasteiger partial charge in [-0.05, 0) is 117 Å². The molecule has 0 spiro atoms. The van der Waals surface area contributed by atoms with Crippen LogP contribution in [0.1, 0.15) is 51.7 Å². The molecule has 1 aliphatic carbocycles. The fourth-order valence-corrected chi connectivity index (χ4v) is 7.84. The second-order valence-electron chi connectivity index (χ2n) is 13.7. The van der Waals surface area contributed by atoms with Gasteiger partial charge < -0.3 is 9.47 Å². The lowest BCUT2D eigenvalue weighted by molar-refractivity contribution is -0.158. The molecule has 254 valence electrons. The molecule has 0 heterocycles. The van der Waals surface area contributed by atoms with Crippen LogP contribution in [0, 0.1) is 0 Å². The van der Waals surface area contributed by atoms with Gasteiger partial charge in [0.25, 0.3) is 0 Å². The molecule has 4 heteroatoms. The third kappa shape index (κ3) is 5.85. The minimum absolute atomic E-state index is 0.309. The third-order valence-corrected chi connectivity index (χ3v) is 10.3. The maximum Gasteiger partial charge on any atom is 0.333 e. The molecular formula is C47H42O4. The first-order valence-electron chi connectivity index (χ1n) is 17.7. The van der Waals surface area contributed by atoms with Gasteiger partial charge in [-0.25, -0.2) is 9.59 Å². The van der Waals surface area contributed by atoms with Crippen molar-refractivity contribution in [1.82, 2.24) is 0 Å². The first kappa shape index (κ1) is 33.7. The standard InChI is InChI=1S/C47H42O4/c1-7-43(50-45(48)29(3)4)47(44(8-2)51-46(49)30(5)6)41-27-37(35-19-17-31-13-9-11-15-33(31)25-35)21-23-39(41)40-24-22-38(28-42(40)47)36-20-18-32-14-10-12-16-34(32)26-36/h9-28,43-44H,3,5,7-8H2,1-2,4,6H3. The number of fused-ring (bicyclic) bond motifs is 5. The van der Waals surface area contributed by atoms with Crippen LogP contribution in [-0.2, 0) is 24.5 Å². The van der Waals surface area contributed by atoms with Gasteiger partial charge in [0.2, 0.25) is 0 Å². The van der Waals surface area contributed by atoms with E-state index < -0.39 is 29.6 Å². The van der Waals surface area contributed by atoms with Crippen LogP contribution < -0.4 is 0 Å². The van der Waals surface area contributed by atoms with E-state index in [1.165, 1.54) is 10.8 Å². The smallest absolute Gasteiger partial charge is 0.333 e. The highest BCUT2D eigenvalue weighted by Gasteiger charge is 2.56. The van der Waals surface area contributed by atoms with E-state index in [4.69, 9.17) is 9.47 Å². The molecular weight excluding hydrogens is 629 g/mol. The predicted octanol–water partition coefficient (Wildman–Crippen LogP) is 11.4. The van der Waals surface area contributed by atoms with Crippen LogP contribution in [0.4, 0.5) is 0 Å². The number of ether oxygens (including phenoxy) is 2. The van der Waals surface area contributed by atoms with Crippen molar-refractivity contribution in [3.63, 3.8) is 0 Å². The van der Waals surface area contributed by atoms with Crippen molar-refractivity contribution < 1.29 is 19.1 Å². The minimum atomic E-state index is -1.05. The zero-order valence-electron chi connectivity index (χ0n) is 29.7. The van der Waals surface area contributed by atoms with E-state index in [9.17, 15) is 9.59 Å². The molecule has 0 bridgehead atoms. The molecule has 0 saturated heterocycles. The van der Waals surface area contributed by atoms with Gasteiger partial charge in [0.1, 0.15) is 12.2 Å². The number of rotatable bonds is 10. The summed E-state index contributed by atoms with van der Waals surface area (Å²) < 4.78 is 12.9. The lowest BCUT2D eigenvalue weighted by Crippen LogP contribution is -2.52. The monoisotopic (exact) mass is 670 g/mol. The Labute approximate surface area is 300 Å². The molecule has 6 aromatic carbocycles. The molecule has 2 atom stereocenters. The maximum atomic E-state index is 13.5. The summed E-state index contributed by atoms with van der Waals surface area (Å²) in [7, 11) is 0. The molecule has 1 aliphatic rings. The van der Waals surface area contributed by atoms with E-state index in [2.05, 4.69) is 110 Å². The summed E-state index contributed by atoms with van der Waals surface area (Å²) in [5.41, 5.74) is 7.71. The topological polar surface area (TPSA) is 52.6 Å². The van der Waals surface area contributed by atoms with Crippen molar-refractivity contribution in [3.8, 4) is 33.4 Å². The van der Waals surface area contributed by atoms with E-state index in [1.807, 2.05) is 38.1 Å². The fraction of sp³-hybridized carbons (Fsp3) is 0.191. The van der Waals surface area contributed by atoms with Crippen molar-refractivity contribution in [1.29, 1.82) is 0 Å². The van der Waals surface area contributed by atoms with Gasteiger partial charge in [0.05, 0.1) is 5.41 Å². The molecule has 7 rings (SSSR count). The first-order valence-corrected chi connectivity index (χ1v) is 17.7. The number of carbonyl (C=O) groups is 2. The van der Waals surface area contributed by atoms with Gasteiger partial charge in [-0.2, -0.15) is 0 Å². The molecule has 0 N–H and O–H groups in total. The number of hydrogen-bond acceptors (Lipinski definition) is 4. The molecule has 0 aromatic heterocycles. The van der Waals surface area contributed by atoms with Crippen molar-refractivity contribution in [3.05, 3.63) is 157 Å². The Morgan fingerprint density at radius 3 is 1.25 bits per heavy atom. The number of esters is 2. The summed E-state index contributed by atoms with van der Waals surface area (Å²) in [5.74, 6) is -0.956. The van der Waals surface area contributed by atoms with E-state index in [0.29, 0.717) is 24.0 Å². The summed E-state index contributed by atoms with van der Waals surface area (Å²) in [6.07, 6.45) is -0.440. The number of hydrogen-bond donors (Lipinski definition) is 0. The minimum Gasteiger partial charge on any atom is -0.458 e. The largest absolute Gasteiger partial charge is 0.458 e. The average Bonchev–Trinajstić information content (AvgIpc) is 3.44.